The van der Waals surface area contributed by atoms with Crippen LogP contribution in [0.2, 0.25) is 0 Å². The first-order valence-electron chi connectivity index (χ1n) is 4.29. The van der Waals surface area contributed by atoms with Gasteiger partial charge in [0, 0.05) is 19.5 Å². The van der Waals surface area contributed by atoms with Crippen molar-refractivity contribution in [3.63, 3.8) is 0 Å². The molecule has 0 aromatic heterocycles. The Balaban J connectivity index is 2.21. The van der Waals surface area contributed by atoms with Crippen molar-refractivity contribution < 1.29 is 4.79 Å². The third-order valence-corrected chi connectivity index (χ3v) is 1.95. The van der Waals surface area contributed by atoms with E-state index in [-0.39, 0.29) is 11.9 Å². The highest BCUT2D eigenvalue weighted by molar-refractivity contribution is 5.82. The molecule has 1 heterocycles. The minimum atomic E-state index is -0.0212. The van der Waals surface area contributed by atoms with Crippen LogP contribution in [0.3, 0.4) is 0 Å². The summed E-state index contributed by atoms with van der Waals surface area (Å²) in [6, 6.07) is -0.0212. The first-order chi connectivity index (χ1) is 5.84. The molecule has 0 aromatic rings. The Hall–Kier alpha value is -1.01. The highest BCUT2D eigenvalue weighted by atomic mass is 16.2. The van der Waals surface area contributed by atoms with Crippen LogP contribution in [0.4, 0.5) is 0 Å². The van der Waals surface area contributed by atoms with E-state index in [0.717, 1.165) is 25.9 Å². The van der Waals surface area contributed by atoms with Crippen molar-refractivity contribution in [2.75, 3.05) is 13.1 Å². The zero-order valence-electron chi connectivity index (χ0n) is 7.10. The molecule has 3 heteroatoms. The first-order valence-corrected chi connectivity index (χ1v) is 4.29. The molecule has 12 heavy (non-hydrogen) atoms. The van der Waals surface area contributed by atoms with Gasteiger partial charge in [-0.1, -0.05) is 0 Å². The number of hydrogen-bond donors (Lipinski definition) is 2. The van der Waals surface area contributed by atoms with Crippen molar-refractivity contribution >= 4 is 5.91 Å². The lowest BCUT2D eigenvalue weighted by molar-refractivity contribution is -0.124. The maximum atomic E-state index is 11.2. The molecule has 1 fully saturated rings. The van der Waals surface area contributed by atoms with E-state index >= 15 is 0 Å². The minimum absolute atomic E-state index is 0.0212. The van der Waals surface area contributed by atoms with E-state index in [4.69, 9.17) is 6.42 Å². The van der Waals surface area contributed by atoms with Crippen molar-refractivity contribution in [3.05, 3.63) is 0 Å². The lowest BCUT2D eigenvalue weighted by atomic mass is 10.1. The lowest BCUT2D eigenvalue weighted by Crippen LogP contribution is -2.48. The quantitative estimate of drug-likeness (QED) is 0.453. The second-order valence-electron chi connectivity index (χ2n) is 2.89. The molecule has 0 spiro atoms. The fraction of sp³-hybridized carbons (Fsp3) is 0.667. The third kappa shape index (κ3) is 2.55. The summed E-state index contributed by atoms with van der Waals surface area (Å²) in [7, 11) is 0. The average molecular weight is 166 g/mol. The zero-order valence-corrected chi connectivity index (χ0v) is 7.10. The molecule has 66 valence electrons. The average Bonchev–Trinajstić information content (AvgIpc) is 2.09. The molecule has 1 aliphatic heterocycles. The first kappa shape index (κ1) is 9.08. The topological polar surface area (TPSA) is 41.1 Å². The molecule has 0 radical (unpaired) electrons. The van der Waals surface area contributed by atoms with Gasteiger partial charge in [0.25, 0.3) is 0 Å². The molecular formula is C9H14N2O. The van der Waals surface area contributed by atoms with Gasteiger partial charge in [0.15, 0.2) is 0 Å². The highest BCUT2D eigenvalue weighted by Crippen LogP contribution is 2.02. The van der Waals surface area contributed by atoms with Crippen molar-refractivity contribution in [2.24, 2.45) is 0 Å². The Morgan fingerprint density at radius 1 is 1.75 bits per heavy atom. The van der Waals surface area contributed by atoms with Gasteiger partial charge in [-0.3, -0.25) is 4.79 Å². The maximum absolute atomic E-state index is 11.2. The van der Waals surface area contributed by atoms with Crippen LogP contribution in [0.15, 0.2) is 0 Å². The molecule has 0 bridgehead atoms. The van der Waals surface area contributed by atoms with E-state index in [1.54, 1.807) is 0 Å². The summed E-state index contributed by atoms with van der Waals surface area (Å²) in [5.41, 5.74) is 0. The number of carbonyl (C=O) groups is 1. The van der Waals surface area contributed by atoms with Crippen LogP contribution in [0.1, 0.15) is 19.3 Å². The van der Waals surface area contributed by atoms with Crippen LogP contribution in [-0.4, -0.2) is 25.0 Å². The molecule has 0 saturated carbocycles. The number of hydrogen-bond acceptors (Lipinski definition) is 2. The van der Waals surface area contributed by atoms with Gasteiger partial charge in [0.1, 0.15) is 0 Å². The normalized spacial score (nSPS) is 22.9. The Morgan fingerprint density at radius 2 is 2.58 bits per heavy atom. The number of piperidine rings is 1. The molecule has 3 nitrogen and oxygen atoms in total. The second-order valence-corrected chi connectivity index (χ2v) is 2.89. The summed E-state index contributed by atoms with van der Waals surface area (Å²) in [5.74, 6) is 2.64. The Bertz CT molecular complexity index is 195. The molecule has 0 aromatic carbocycles. The summed E-state index contributed by atoms with van der Waals surface area (Å²) in [4.78, 5) is 11.2. The van der Waals surface area contributed by atoms with Gasteiger partial charge in [-0.15, -0.1) is 12.3 Å². The molecule has 1 rings (SSSR count). The molecule has 1 saturated heterocycles. The van der Waals surface area contributed by atoms with Gasteiger partial charge in [-0.05, 0) is 12.8 Å². The number of carbonyl (C=O) groups excluding carboxylic acids is 1. The van der Waals surface area contributed by atoms with Gasteiger partial charge in [-0.25, -0.2) is 0 Å². The van der Waals surface area contributed by atoms with Crippen molar-refractivity contribution in [3.8, 4) is 12.3 Å². The van der Waals surface area contributed by atoms with Gasteiger partial charge in [0.05, 0.1) is 6.04 Å². The minimum Gasteiger partial charge on any atom is -0.355 e. The predicted molar refractivity (Wildman–Crippen MR) is 47.5 cm³/mol. The summed E-state index contributed by atoms with van der Waals surface area (Å²) in [5, 5.41) is 5.92. The van der Waals surface area contributed by atoms with Crippen LogP contribution in [0, 0.1) is 12.3 Å². The number of amides is 1. The van der Waals surface area contributed by atoms with Gasteiger partial charge in [0.2, 0.25) is 5.91 Å². The Morgan fingerprint density at radius 3 is 3.25 bits per heavy atom. The molecular weight excluding hydrogens is 152 g/mol. The molecule has 0 aliphatic carbocycles. The smallest absolute Gasteiger partial charge is 0.237 e. The van der Waals surface area contributed by atoms with Crippen LogP contribution in [0.5, 0.6) is 0 Å². The van der Waals surface area contributed by atoms with Crippen LogP contribution in [-0.2, 0) is 4.79 Å². The van der Waals surface area contributed by atoms with Gasteiger partial charge in [-0.2, -0.15) is 0 Å². The third-order valence-electron chi connectivity index (χ3n) is 1.95. The largest absolute Gasteiger partial charge is 0.355 e. The molecule has 1 unspecified atom stereocenters. The predicted octanol–water partition coefficient (Wildman–Crippen LogP) is -0.122. The SMILES string of the molecule is C#CCCNC1CCCNC1=O. The van der Waals surface area contributed by atoms with Crippen molar-refractivity contribution in [1.82, 2.24) is 10.6 Å². The molecule has 1 amide bonds. The van der Waals surface area contributed by atoms with Crippen LogP contribution < -0.4 is 10.6 Å². The van der Waals surface area contributed by atoms with Gasteiger partial charge < -0.3 is 10.6 Å². The fourth-order valence-electron chi connectivity index (χ4n) is 1.29. The molecule has 1 aliphatic rings. The highest BCUT2D eigenvalue weighted by Gasteiger charge is 2.20. The monoisotopic (exact) mass is 166 g/mol. The summed E-state index contributed by atoms with van der Waals surface area (Å²) < 4.78 is 0. The lowest BCUT2D eigenvalue weighted by Gasteiger charge is -2.22. The summed E-state index contributed by atoms with van der Waals surface area (Å²) in [6.07, 6.45) is 7.75. The van der Waals surface area contributed by atoms with E-state index < -0.39 is 0 Å². The summed E-state index contributed by atoms with van der Waals surface area (Å²) >= 11 is 0. The number of terminal acetylenes is 1. The van der Waals surface area contributed by atoms with E-state index in [9.17, 15) is 4.79 Å². The van der Waals surface area contributed by atoms with E-state index in [2.05, 4.69) is 16.6 Å². The van der Waals surface area contributed by atoms with Crippen molar-refractivity contribution in [2.45, 2.75) is 25.3 Å². The van der Waals surface area contributed by atoms with Gasteiger partial charge >= 0.3 is 0 Å². The van der Waals surface area contributed by atoms with E-state index in [1.807, 2.05) is 0 Å². The standard InChI is InChI=1S/C9H14N2O/c1-2-3-6-10-8-5-4-7-11-9(8)12/h1,8,10H,3-7H2,(H,11,12). The number of rotatable bonds is 3. The second kappa shape index (κ2) is 4.78. The zero-order chi connectivity index (χ0) is 8.81. The summed E-state index contributed by atoms with van der Waals surface area (Å²) in [6.45, 7) is 1.54. The molecule has 1 atom stereocenters. The van der Waals surface area contributed by atoms with E-state index in [1.165, 1.54) is 0 Å². The number of nitrogens with one attached hydrogen (secondary N) is 2. The fourth-order valence-corrected chi connectivity index (χ4v) is 1.29. The molecule has 2 N–H and O–H groups in total. The van der Waals surface area contributed by atoms with Crippen LogP contribution >= 0.6 is 0 Å². The van der Waals surface area contributed by atoms with Crippen LogP contribution in [0.25, 0.3) is 0 Å². The van der Waals surface area contributed by atoms with Crippen molar-refractivity contribution in [1.29, 1.82) is 0 Å². The van der Waals surface area contributed by atoms with E-state index in [0.29, 0.717) is 6.42 Å². The Labute approximate surface area is 72.9 Å². The maximum Gasteiger partial charge on any atom is 0.237 e. The Kier molecular flexibility index (Phi) is 3.62.